The molecule has 0 aliphatic heterocycles. The van der Waals surface area contributed by atoms with Crippen molar-refractivity contribution < 1.29 is 9.50 Å². The number of halogens is 1. The number of hydrogen-bond acceptors (Lipinski definition) is 1. The Morgan fingerprint density at radius 3 is 2.71 bits per heavy atom. The molecule has 0 radical (unpaired) electrons. The van der Waals surface area contributed by atoms with Crippen molar-refractivity contribution in [2.24, 2.45) is 0 Å². The third kappa shape index (κ3) is 2.09. The van der Waals surface area contributed by atoms with Crippen LogP contribution in [0.2, 0.25) is 0 Å². The van der Waals surface area contributed by atoms with Crippen molar-refractivity contribution in [2.75, 3.05) is 0 Å². The largest absolute Gasteiger partial charge is 0.384 e. The third-order valence-corrected chi connectivity index (χ3v) is 2.05. The molecule has 0 aliphatic rings. The highest BCUT2D eigenvalue weighted by molar-refractivity contribution is 5.33. The lowest BCUT2D eigenvalue weighted by molar-refractivity contribution is 0.227. The summed E-state index contributed by atoms with van der Waals surface area (Å²) in [6.07, 6.45) is 2.58. The van der Waals surface area contributed by atoms with E-state index >= 15 is 0 Å². The fourth-order valence-corrected chi connectivity index (χ4v) is 1.34. The van der Waals surface area contributed by atoms with Crippen LogP contribution >= 0.6 is 0 Å². The van der Waals surface area contributed by atoms with Gasteiger partial charge in [0.2, 0.25) is 0 Å². The lowest BCUT2D eigenvalue weighted by atomic mass is 9.99. The van der Waals surface area contributed by atoms with E-state index in [1.54, 1.807) is 18.2 Å². The van der Waals surface area contributed by atoms with Crippen LogP contribution in [0.1, 0.15) is 17.2 Å². The van der Waals surface area contributed by atoms with E-state index in [2.05, 4.69) is 13.2 Å². The molecule has 2 heteroatoms. The fourth-order valence-electron chi connectivity index (χ4n) is 1.34. The van der Waals surface area contributed by atoms with Crippen molar-refractivity contribution in [1.82, 2.24) is 0 Å². The summed E-state index contributed by atoms with van der Waals surface area (Å²) in [6.45, 7) is 7.02. The zero-order valence-electron chi connectivity index (χ0n) is 7.91. The zero-order valence-corrected chi connectivity index (χ0v) is 7.91. The molecule has 1 nitrogen and oxygen atoms in total. The van der Waals surface area contributed by atoms with E-state index in [0.29, 0.717) is 17.5 Å². The van der Waals surface area contributed by atoms with Gasteiger partial charge in [0, 0.05) is 0 Å². The molecule has 0 spiro atoms. The number of allylic oxidation sites excluding steroid dienone is 1. The number of benzene rings is 1. The quantitative estimate of drug-likeness (QED) is 0.727. The molecule has 14 heavy (non-hydrogen) atoms. The van der Waals surface area contributed by atoms with Crippen molar-refractivity contribution in [3.05, 3.63) is 60.5 Å². The normalized spacial score (nSPS) is 12.1. The summed E-state index contributed by atoms with van der Waals surface area (Å²) in [5.74, 6) is -0.316. The second kappa shape index (κ2) is 4.72. The molecule has 1 N–H and O–H groups in total. The Kier molecular flexibility index (Phi) is 3.60. The van der Waals surface area contributed by atoms with Crippen LogP contribution in [0.3, 0.4) is 0 Å². The number of aliphatic hydroxyl groups excluding tert-OH is 1. The van der Waals surface area contributed by atoms with Crippen molar-refractivity contribution in [2.45, 2.75) is 12.5 Å². The fraction of sp³-hybridized carbons (Fsp3) is 0.167. The average molecular weight is 192 g/mol. The minimum absolute atomic E-state index is 0.316. The van der Waals surface area contributed by atoms with Crippen molar-refractivity contribution in [1.29, 1.82) is 0 Å². The van der Waals surface area contributed by atoms with E-state index in [-0.39, 0.29) is 5.82 Å². The highest BCUT2D eigenvalue weighted by Gasteiger charge is 2.11. The van der Waals surface area contributed by atoms with E-state index in [9.17, 15) is 9.50 Å². The smallest absolute Gasteiger partial charge is 0.127 e. The standard InChI is InChI=1S/C12H13FO/c1-3-6-9-10(12(14)4-2)7-5-8-11(9)13/h3-5,7-8,12,14H,1-2,6H2. The maximum atomic E-state index is 13.3. The Hall–Kier alpha value is -1.41. The molecular weight excluding hydrogens is 179 g/mol. The molecule has 1 aromatic rings. The van der Waals surface area contributed by atoms with Crippen molar-refractivity contribution >= 4 is 0 Å². The predicted molar refractivity (Wildman–Crippen MR) is 55.5 cm³/mol. The molecule has 0 amide bonds. The molecular formula is C12H13FO. The monoisotopic (exact) mass is 192 g/mol. The summed E-state index contributed by atoms with van der Waals surface area (Å²) in [4.78, 5) is 0. The average Bonchev–Trinajstić information content (AvgIpc) is 2.20. The zero-order chi connectivity index (χ0) is 10.6. The molecule has 0 fully saturated rings. The van der Waals surface area contributed by atoms with Crippen LogP contribution < -0.4 is 0 Å². The molecule has 1 rings (SSSR count). The van der Waals surface area contributed by atoms with Crippen LogP contribution in [-0.2, 0) is 6.42 Å². The first-order chi connectivity index (χ1) is 6.70. The molecule has 0 aliphatic carbocycles. The number of hydrogen-bond donors (Lipinski definition) is 1. The van der Waals surface area contributed by atoms with E-state index in [0.717, 1.165) is 0 Å². The van der Waals surface area contributed by atoms with Gasteiger partial charge in [0.25, 0.3) is 0 Å². The van der Waals surface area contributed by atoms with E-state index < -0.39 is 6.10 Å². The lowest BCUT2D eigenvalue weighted by Crippen LogP contribution is -2.01. The number of rotatable bonds is 4. The molecule has 1 unspecified atom stereocenters. The minimum atomic E-state index is -0.819. The summed E-state index contributed by atoms with van der Waals surface area (Å²) in [5, 5.41) is 9.54. The molecule has 0 heterocycles. The van der Waals surface area contributed by atoms with Gasteiger partial charge in [-0.2, -0.15) is 0 Å². The van der Waals surface area contributed by atoms with Gasteiger partial charge in [0.1, 0.15) is 5.82 Å². The summed E-state index contributed by atoms with van der Waals surface area (Å²) in [7, 11) is 0. The summed E-state index contributed by atoms with van der Waals surface area (Å²) < 4.78 is 13.3. The Bertz CT molecular complexity index is 344. The summed E-state index contributed by atoms with van der Waals surface area (Å²) in [6, 6.07) is 4.64. The van der Waals surface area contributed by atoms with Gasteiger partial charge >= 0.3 is 0 Å². The Labute approximate surface area is 83.2 Å². The molecule has 1 atom stereocenters. The highest BCUT2D eigenvalue weighted by Crippen LogP contribution is 2.22. The van der Waals surface area contributed by atoms with Gasteiger partial charge in [-0.3, -0.25) is 0 Å². The van der Waals surface area contributed by atoms with Crippen LogP contribution in [0.5, 0.6) is 0 Å². The summed E-state index contributed by atoms with van der Waals surface area (Å²) >= 11 is 0. The Balaban J connectivity index is 3.19. The van der Waals surface area contributed by atoms with E-state index in [4.69, 9.17) is 0 Å². The molecule has 0 bridgehead atoms. The van der Waals surface area contributed by atoms with Gasteiger partial charge in [-0.15, -0.1) is 13.2 Å². The molecule has 0 saturated carbocycles. The lowest BCUT2D eigenvalue weighted by Gasteiger charge is -2.11. The Morgan fingerprint density at radius 2 is 2.14 bits per heavy atom. The second-order valence-corrected chi connectivity index (χ2v) is 2.98. The first-order valence-electron chi connectivity index (χ1n) is 4.39. The third-order valence-electron chi connectivity index (χ3n) is 2.05. The van der Waals surface area contributed by atoms with Crippen LogP contribution in [0, 0.1) is 5.82 Å². The SMILES string of the molecule is C=CCc1c(F)cccc1C(O)C=C. The highest BCUT2D eigenvalue weighted by atomic mass is 19.1. The van der Waals surface area contributed by atoms with E-state index in [1.807, 2.05) is 0 Å². The maximum Gasteiger partial charge on any atom is 0.127 e. The van der Waals surface area contributed by atoms with Crippen LogP contribution in [0.4, 0.5) is 4.39 Å². The van der Waals surface area contributed by atoms with Crippen molar-refractivity contribution in [3.8, 4) is 0 Å². The van der Waals surface area contributed by atoms with Gasteiger partial charge in [-0.05, 0) is 23.6 Å². The first kappa shape index (κ1) is 10.7. The molecule has 74 valence electrons. The maximum absolute atomic E-state index is 13.3. The van der Waals surface area contributed by atoms with Gasteiger partial charge in [-0.1, -0.05) is 24.3 Å². The number of aliphatic hydroxyl groups is 1. The Morgan fingerprint density at radius 1 is 1.43 bits per heavy atom. The van der Waals surface area contributed by atoms with Crippen LogP contribution in [0.15, 0.2) is 43.5 Å². The molecule has 0 saturated heterocycles. The molecule has 1 aromatic carbocycles. The summed E-state index contributed by atoms with van der Waals surface area (Å²) in [5.41, 5.74) is 1.04. The van der Waals surface area contributed by atoms with Crippen molar-refractivity contribution in [3.63, 3.8) is 0 Å². The second-order valence-electron chi connectivity index (χ2n) is 2.98. The van der Waals surface area contributed by atoms with Gasteiger partial charge in [0.15, 0.2) is 0 Å². The predicted octanol–water partition coefficient (Wildman–Crippen LogP) is 2.77. The minimum Gasteiger partial charge on any atom is -0.384 e. The van der Waals surface area contributed by atoms with Gasteiger partial charge in [-0.25, -0.2) is 4.39 Å². The first-order valence-corrected chi connectivity index (χ1v) is 4.39. The van der Waals surface area contributed by atoms with Gasteiger partial charge in [0.05, 0.1) is 6.10 Å². The van der Waals surface area contributed by atoms with Crippen LogP contribution in [0.25, 0.3) is 0 Å². The molecule has 0 aromatic heterocycles. The topological polar surface area (TPSA) is 20.2 Å². The van der Waals surface area contributed by atoms with Crippen LogP contribution in [-0.4, -0.2) is 5.11 Å². The van der Waals surface area contributed by atoms with Gasteiger partial charge < -0.3 is 5.11 Å². The van der Waals surface area contributed by atoms with E-state index in [1.165, 1.54) is 12.1 Å².